The quantitative estimate of drug-likeness (QED) is 0.822. The smallest absolute Gasteiger partial charge is 0.251 e. The van der Waals surface area contributed by atoms with Crippen LogP contribution in [-0.4, -0.2) is 51.7 Å². The van der Waals surface area contributed by atoms with E-state index in [1.54, 1.807) is 33.7 Å². The Hall–Kier alpha value is -2.80. The number of amides is 3. The number of hydrogen-bond acceptors (Lipinski definition) is 4. The molecule has 150 valence electrons. The molecule has 2 aliphatic heterocycles. The Morgan fingerprint density at radius 2 is 1.93 bits per heavy atom. The number of carbonyl (C=O) groups is 3. The monoisotopic (exact) mass is 409 g/mol. The highest BCUT2D eigenvalue weighted by Gasteiger charge is 2.42. The molecule has 0 radical (unpaired) electrons. The van der Waals surface area contributed by atoms with Crippen molar-refractivity contribution in [2.75, 3.05) is 18.2 Å². The molecule has 7 heteroatoms. The van der Waals surface area contributed by atoms with Gasteiger partial charge in [-0.2, -0.15) is 0 Å². The molecule has 0 bridgehead atoms. The molecular formula is C22H23N3O3S. The topological polar surface area (TPSA) is 69.7 Å². The van der Waals surface area contributed by atoms with Gasteiger partial charge in [-0.25, -0.2) is 0 Å². The Kier molecular flexibility index (Phi) is 5.58. The maximum Gasteiger partial charge on any atom is 0.251 e. The van der Waals surface area contributed by atoms with E-state index in [2.05, 4.69) is 5.32 Å². The average molecular weight is 410 g/mol. The summed E-state index contributed by atoms with van der Waals surface area (Å²) in [6.45, 7) is 3.00. The van der Waals surface area contributed by atoms with Gasteiger partial charge in [-0.15, -0.1) is 11.8 Å². The van der Waals surface area contributed by atoms with Crippen molar-refractivity contribution in [3.05, 3.63) is 70.8 Å². The fraction of sp³-hybridized carbons (Fsp3) is 0.318. The van der Waals surface area contributed by atoms with Crippen LogP contribution in [0.1, 0.15) is 27.0 Å². The molecule has 0 aromatic heterocycles. The zero-order valence-electron chi connectivity index (χ0n) is 16.3. The molecule has 2 saturated heterocycles. The lowest BCUT2D eigenvalue weighted by molar-refractivity contribution is -0.153. The zero-order chi connectivity index (χ0) is 20.4. The highest BCUT2D eigenvalue weighted by Crippen LogP contribution is 2.26. The Morgan fingerprint density at radius 3 is 2.69 bits per heavy atom. The van der Waals surface area contributed by atoms with Gasteiger partial charge in [0.15, 0.2) is 0 Å². The summed E-state index contributed by atoms with van der Waals surface area (Å²) in [7, 11) is 0. The fourth-order valence-corrected chi connectivity index (χ4v) is 4.83. The predicted octanol–water partition coefficient (Wildman–Crippen LogP) is 2.17. The molecule has 1 N–H and O–H groups in total. The average Bonchev–Trinajstić information content (AvgIpc) is 3.21. The summed E-state index contributed by atoms with van der Waals surface area (Å²) in [6, 6.07) is 14.9. The van der Waals surface area contributed by atoms with E-state index in [9.17, 15) is 14.4 Å². The number of nitrogens with zero attached hydrogens (tertiary/aromatic N) is 2. The van der Waals surface area contributed by atoms with Gasteiger partial charge in [-0.3, -0.25) is 14.4 Å². The number of rotatable bonds is 5. The predicted molar refractivity (Wildman–Crippen MR) is 112 cm³/mol. The van der Waals surface area contributed by atoms with Crippen molar-refractivity contribution in [3.8, 4) is 0 Å². The van der Waals surface area contributed by atoms with E-state index in [1.165, 1.54) is 0 Å². The second-order valence-corrected chi connectivity index (χ2v) is 8.44. The first-order valence-electron chi connectivity index (χ1n) is 9.60. The first-order chi connectivity index (χ1) is 14.0. The summed E-state index contributed by atoms with van der Waals surface area (Å²) < 4.78 is 0. The highest BCUT2D eigenvalue weighted by atomic mass is 32.2. The minimum absolute atomic E-state index is 0.00625. The molecule has 6 nitrogen and oxygen atoms in total. The highest BCUT2D eigenvalue weighted by molar-refractivity contribution is 7.99. The standard InChI is InChI=1S/C22H23N3O3S/c1-15-3-2-4-17(9-15)10-23-21(27)18-7-5-16(6-8-18)11-24-12-20(26)25-14-29-13-19(25)22(24)28/h2-9,19H,10-14H2,1H3,(H,23,27). The summed E-state index contributed by atoms with van der Waals surface area (Å²) in [6.07, 6.45) is 0. The van der Waals surface area contributed by atoms with Crippen molar-refractivity contribution in [2.24, 2.45) is 0 Å². The SMILES string of the molecule is Cc1cccc(CNC(=O)c2ccc(CN3CC(=O)N4CSCC4C3=O)cc2)c1. The second kappa shape index (κ2) is 8.29. The molecule has 3 amide bonds. The van der Waals surface area contributed by atoms with Crippen LogP contribution in [0.3, 0.4) is 0 Å². The van der Waals surface area contributed by atoms with E-state index in [1.807, 2.05) is 43.3 Å². The van der Waals surface area contributed by atoms with Crippen molar-refractivity contribution >= 4 is 29.5 Å². The lowest BCUT2D eigenvalue weighted by Gasteiger charge is -2.35. The third-order valence-corrected chi connectivity index (χ3v) is 6.26. The molecule has 4 rings (SSSR count). The Balaban J connectivity index is 1.35. The molecule has 0 spiro atoms. The number of hydrogen-bond donors (Lipinski definition) is 1. The summed E-state index contributed by atoms with van der Waals surface area (Å²) in [5, 5.41) is 2.93. The maximum atomic E-state index is 12.6. The van der Waals surface area contributed by atoms with Crippen molar-refractivity contribution in [1.82, 2.24) is 15.1 Å². The second-order valence-electron chi connectivity index (χ2n) is 7.44. The molecule has 2 heterocycles. The van der Waals surface area contributed by atoms with Gasteiger partial charge in [0.1, 0.15) is 12.6 Å². The van der Waals surface area contributed by atoms with Gasteiger partial charge in [0.05, 0.1) is 5.88 Å². The van der Waals surface area contributed by atoms with Crippen LogP contribution >= 0.6 is 11.8 Å². The fourth-order valence-electron chi connectivity index (χ4n) is 3.66. The number of aryl methyl sites for hydroxylation is 1. The minimum atomic E-state index is -0.326. The van der Waals surface area contributed by atoms with E-state index < -0.39 is 0 Å². The van der Waals surface area contributed by atoms with Crippen LogP contribution in [0.25, 0.3) is 0 Å². The Morgan fingerprint density at radius 1 is 1.14 bits per heavy atom. The van der Waals surface area contributed by atoms with Gasteiger partial charge in [0.2, 0.25) is 11.8 Å². The van der Waals surface area contributed by atoms with Crippen molar-refractivity contribution in [2.45, 2.75) is 26.1 Å². The molecule has 2 aromatic rings. The molecule has 1 unspecified atom stereocenters. The number of benzene rings is 2. The van der Waals surface area contributed by atoms with Crippen LogP contribution in [0.5, 0.6) is 0 Å². The zero-order valence-corrected chi connectivity index (χ0v) is 17.1. The molecule has 29 heavy (non-hydrogen) atoms. The lowest BCUT2D eigenvalue weighted by Crippen LogP contribution is -2.57. The van der Waals surface area contributed by atoms with E-state index in [4.69, 9.17) is 0 Å². The normalized spacial score (nSPS) is 18.7. The largest absolute Gasteiger partial charge is 0.348 e. The summed E-state index contributed by atoms with van der Waals surface area (Å²) in [5.41, 5.74) is 3.69. The molecular weight excluding hydrogens is 386 g/mol. The maximum absolute atomic E-state index is 12.6. The third kappa shape index (κ3) is 4.29. The summed E-state index contributed by atoms with van der Waals surface area (Å²) in [5.74, 6) is 1.15. The van der Waals surface area contributed by atoms with Crippen LogP contribution in [0.4, 0.5) is 0 Å². The third-order valence-electron chi connectivity index (χ3n) is 5.25. The van der Waals surface area contributed by atoms with Crippen molar-refractivity contribution < 1.29 is 14.4 Å². The van der Waals surface area contributed by atoms with Gasteiger partial charge in [0, 0.05) is 24.4 Å². The summed E-state index contributed by atoms with van der Waals surface area (Å²) >= 11 is 1.62. The first kappa shape index (κ1) is 19.5. The molecule has 1 atom stereocenters. The van der Waals surface area contributed by atoms with Gasteiger partial charge in [0.25, 0.3) is 5.91 Å². The molecule has 2 aliphatic rings. The molecule has 0 aliphatic carbocycles. The van der Waals surface area contributed by atoms with E-state index in [0.29, 0.717) is 30.3 Å². The van der Waals surface area contributed by atoms with E-state index in [-0.39, 0.29) is 30.3 Å². The first-order valence-corrected chi connectivity index (χ1v) is 10.8. The number of piperazine rings is 1. The van der Waals surface area contributed by atoms with E-state index >= 15 is 0 Å². The van der Waals surface area contributed by atoms with Crippen molar-refractivity contribution in [3.63, 3.8) is 0 Å². The van der Waals surface area contributed by atoms with Crippen LogP contribution in [0.15, 0.2) is 48.5 Å². The molecule has 2 fully saturated rings. The van der Waals surface area contributed by atoms with Crippen LogP contribution in [0, 0.1) is 6.92 Å². The lowest BCUT2D eigenvalue weighted by atomic mass is 10.1. The van der Waals surface area contributed by atoms with Crippen LogP contribution < -0.4 is 5.32 Å². The van der Waals surface area contributed by atoms with Crippen LogP contribution in [-0.2, 0) is 22.7 Å². The number of thioether (sulfide) groups is 1. The number of carbonyl (C=O) groups excluding carboxylic acids is 3. The van der Waals surface area contributed by atoms with Gasteiger partial charge in [-0.1, -0.05) is 42.0 Å². The Labute approximate surface area is 174 Å². The Bertz CT molecular complexity index is 945. The van der Waals surface area contributed by atoms with Gasteiger partial charge in [-0.05, 0) is 30.2 Å². The molecule has 0 saturated carbocycles. The van der Waals surface area contributed by atoms with Crippen LogP contribution in [0.2, 0.25) is 0 Å². The van der Waals surface area contributed by atoms with Gasteiger partial charge >= 0.3 is 0 Å². The number of nitrogens with one attached hydrogen (secondary N) is 1. The molecule has 2 aromatic carbocycles. The van der Waals surface area contributed by atoms with Crippen molar-refractivity contribution in [1.29, 1.82) is 0 Å². The number of fused-ring (bicyclic) bond motifs is 1. The van der Waals surface area contributed by atoms with Gasteiger partial charge < -0.3 is 15.1 Å². The van der Waals surface area contributed by atoms with E-state index in [0.717, 1.165) is 16.7 Å². The minimum Gasteiger partial charge on any atom is -0.348 e. The summed E-state index contributed by atoms with van der Waals surface area (Å²) in [4.78, 5) is 40.6.